The molecule has 0 saturated heterocycles. The van der Waals surface area contributed by atoms with Crippen LogP contribution in [-0.2, 0) is 16.6 Å². The number of hydrogen-bond acceptors (Lipinski definition) is 4. The third-order valence-corrected chi connectivity index (χ3v) is 5.43. The van der Waals surface area contributed by atoms with Gasteiger partial charge >= 0.3 is 0 Å². The molecule has 5 nitrogen and oxygen atoms in total. The number of ether oxygens (including phenoxy) is 1. The fraction of sp³-hybridized carbons (Fsp3) is 0.250. The molecule has 0 amide bonds. The molecule has 0 heterocycles. The number of rotatable bonds is 6. The average molecular weight is 356 g/mol. The molecule has 0 spiro atoms. The number of methoxy groups -OCH3 is 1. The van der Waals surface area contributed by atoms with Gasteiger partial charge in [0.2, 0.25) is 10.0 Å². The number of hydrogen-bond donors (Lipinski definition) is 2. The zero-order valence-corrected chi connectivity index (χ0v) is 14.0. The molecule has 0 aliphatic heterocycles. The Balaban J connectivity index is 2.15. The molecular weight excluding hydrogens is 338 g/mol. The van der Waals surface area contributed by atoms with Gasteiger partial charge in [-0.3, -0.25) is 0 Å². The van der Waals surface area contributed by atoms with Crippen LogP contribution >= 0.6 is 0 Å². The van der Waals surface area contributed by atoms with E-state index in [0.29, 0.717) is 11.3 Å². The Morgan fingerprint density at radius 1 is 1.17 bits per heavy atom. The summed E-state index contributed by atoms with van der Waals surface area (Å²) in [6.07, 6.45) is 0. The van der Waals surface area contributed by atoms with Crippen molar-refractivity contribution in [1.82, 2.24) is 4.72 Å². The first-order valence-corrected chi connectivity index (χ1v) is 8.65. The molecule has 1 unspecified atom stereocenters. The molecule has 0 aliphatic carbocycles. The van der Waals surface area contributed by atoms with Gasteiger partial charge in [0.15, 0.2) is 5.82 Å². The Bertz CT molecular complexity index is 824. The molecule has 2 aromatic rings. The topological polar surface area (TPSA) is 81.4 Å². The van der Waals surface area contributed by atoms with Gasteiger partial charge in [0.05, 0.1) is 7.11 Å². The lowest BCUT2D eigenvalue weighted by atomic mass is 10.1. The van der Waals surface area contributed by atoms with Gasteiger partial charge < -0.3 is 10.5 Å². The summed E-state index contributed by atoms with van der Waals surface area (Å²) < 4.78 is 59.3. The third kappa shape index (κ3) is 3.82. The van der Waals surface area contributed by atoms with Crippen LogP contribution in [0.15, 0.2) is 36.4 Å². The summed E-state index contributed by atoms with van der Waals surface area (Å²) in [5.74, 6) is -1.33. The van der Waals surface area contributed by atoms with E-state index in [1.807, 2.05) is 0 Å². The van der Waals surface area contributed by atoms with Crippen molar-refractivity contribution in [3.05, 3.63) is 59.2 Å². The van der Waals surface area contributed by atoms with Crippen LogP contribution in [0, 0.1) is 11.6 Å². The normalized spacial score (nSPS) is 12.8. The molecule has 0 bridgehead atoms. The van der Waals surface area contributed by atoms with Crippen LogP contribution in [0.1, 0.15) is 23.3 Å². The molecule has 8 heteroatoms. The van der Waals surface area contributed by atoms with Crippen LogP contribution in [0.5, 0.6) is 5.75 Å². The predicted molar refractivity (Wildman–Crippen MR) is 87.9 cm³/mol. The Morgan fingerprint density at radius 3 is 2.38 bits per heavy atom. The maximum Gasteiger partial charge on any atom is 0.218 e. The van der Waals surface area contributed by atoms with Crippen molar-refractivity contribution < 1.29 is 21.9 Å². The van der Waals surface area contributed by atoms with Crippen molar-refractivity contribution >= 4 is 15.7 Å². The second-order valence-electron chi connectivity index (χ2n) is 5.22. The van der Waals surface area contributed by atoms with Gasteiger partial charge in [0.1, 0.15) is 22.5 Å². The van der Waals surface area contributed by atoms with Crippen molar-refractivity contribution in [1.29, 1.82) is 0 Å². The molecule has 2 rings (SSSR count). The molecule has 0 fully saturated rings. The molecule has 0 radical (unpaired) electrons. The van der Waals surface area contributed by atoms with Crippen molar-refractivity contribution in [2.24, 2.45) is 0 Å². The van der Waals surface area contributed by atoms with Gasteiger partial charge in [-0.25, -0.2) is 21.9 Å². The number of halogens is 2. The highest BCUT2D eigenvalue weighted by Crippen LogP contribution is 2.28. The van der Waals surface area contributed by atoms with E-state index in [2.05, 4.69) is 4.72 Å². The lowest BCUT2D eigenvalue weighted by Crippen LogP contribution is -2.28. The minimum atomic E-state index is -3.88. The zero-order valence-electron chi connectivity index (χ0n) is 13.2. The van der Waals surface area contributed by atoms with Crippen LogP contribution in [0.2, 0.25) is 0 Å². The Hall–Kier alpha value is -2.19. The lowest BCUT2D eigenvalue weighted by molar-refractivity contribution is 0.414. The molecule has 2 aromatic carbocycles. The minimum absolute atomic E-state index is 0.0367. The first-order chi connectivity index (χ1) is 11.3. The Labute approximate surface area is 139 Å². The Kier molecular flexibility index (Phi) is 5.40. The summed E-state index contributed by atoms with van der Waals surface area (Å²) in [6.45, 7) is 1.35. The molecule has 3 N–H and O–H groups in total. The number of nitrogens with one attached hydrogen (secondary N) is 1. The van der Waals surface area contributed by atoms with Crippen LogP contribution < -0.4 is 15.2 Å². The SMILES string of the molecule is COc1ccc(CNS(=O)(=O)C(C)c2ccc(F)c(N)c2F)cc1. The number of benzene rings is 2. The van der Waals surface area contributed by atoms with Crippen molar-refractivity contribution in [3.8, 4) is 5.75 Å². The van der Waals surface area contributed by atoms with E-state index in [1.165, 1.54) is 14.0 Å². The third-order valence-electron chi connectivity index (χ3n) is 3.70. The van der Waals surface area contributed by atoms with E-state index in [9.17, 15) is 17.2 Å². The second kappa shape index (κ2) is 7.14. The second-order valence-corrected chi connectivity index (χ2v) is 7.31. The highest BCUT2D eigenvalue weighted by atomic mass is 32.2. The Morgan fingerprint density at radius 2 is 1.79 bits per heavy atom. The van der Waals surface area contributed by atoms with Gasteiger partial charge in [0, 0.05) is 12.1 Å². The maximum absolute atomic E-state index is 14.0. The van der Waals surface area contributed by atoms with Crippen LogP contribution in [-0.4, -0.2) is 15.5 Å². The van der Waals surface area contributed by atoms with E-state index in [0.717, 1.165) is 12.1 Å². The van der Waals surface area contributed by atoms with E-state index >= 15 is 0 Å². The molecule has 130 valence electrons. The number of sulfonamides is 1. The first-order valence-electron chi connectivity index (χ1n) is 7.11. The standard InChI is InChI=1S/C16H18F2N2O3S/c1-10(13-7-8-14(17)16(19)15(13)18)24(21,22)20-9-11-3-5-12(23-2)6-4-11/h3-8,10,20H,9,19H2,1-2H3. The number of nitrogens with two attached hydrogens (primary N) is 1. The largest absolute Gasteiger partial charge is 0.497 e. The predicted octanol–water partition coefficient (Wildman–Crippen LogP) is 2.74. The fourth-order valence-corrected chi connectivity index (χ4v) is 3.25. The summed E-state index contributed by atoms with van der Waals surface area (Å²) in [4.78, 5) is 0. The summed E-state index contributed by atoms with van der Waals surface area (Å²) in [7, 11) is -2.35. The first kappa shape index (κ1) is 18.2. The van der Waals surface area contributed by atoms with E-state index in [1.54, 1.807) is 24.3 Å². The summed E-state index contributed by atoms with van der Waals surface area (Å²) in [6, 6.07) is 8.85. The summed E-state index contributed by atoms with van der Waals surface area (Å²) in [5.41, 5.74) is 5.12. The molecule has 1 atom stereocenters. The van der Waals surface area contributed by atoms with E-state index in [4.69, 9.17) is 10.5 Å². The van der Waals surface area contributed by atoms with Crippen LogP contribution in [0.4, 0.5) is 14.5 Å². The number of anilines is 1. The average Bonchev–Trinajstić information content (AvgIpc) is 2.58. The fourth-order valence-electron chi connectivity index (χ4n) is 2.12. The maximum atomic E-state index is 14.0. The van der Waals surface area contributed by atoms with E-state index in [-0.39, 0.29) is 12.1 Å². The molecular formula is C16H18F2N2O3S. The lowest BCUT2D eigenvalue weighted by Gasteiger charge is -2.16. The van der Waals surface area contributed by atoms with Gasteiger partial charge in [-0.05, 0) is 30.7 Å². The monoisotopic (exact) mass is 356 g/mol. The summed E-state index contributed by atoms with van der Waals surface area (Å²) >= 11 is 0. The van der Waals surface area contributed by atoms with Crippen molar-refractivity contribution in [2.45, 2.75) is 18.7 Å². The van der Waals surface area contributed by atoms with Crippen molar-refractivity contribution in [2.75, 3.05) is 12.8 Å². The van der Waals surface area contributed by atoms with E-state index < -0.39 is 32.6 Å². The quantitative estimate of drug-likeness (QED) is 0.780. The van der Waals surface area contributed by atoms with Crippen LogP contribution in [0.3, 0.4) is 0 Å². The zero-order chi connectivity index (χ0) is 17.9. The number of nitrogen functional groups attached to an aromatic ring is 1. The smallest absolute Gasteiger partial charge is 0.218 e. The van der Waals surface area contributed by atoms with Crippen LogP contribution in [0.25, 0.3) is 0 Å². The van der Waals surface area contributed by atoms with Crippen molar-refractivity contribution in [3.63, 3.8) is 0 Å². The molecule has 0 saturated carbocycles. The van der Waals surface area contributed by atoms with Gasteiger partial charge in [-0.2, -0.15) is 0 Å². The highest BCUT2D eigenvalue weighted by Gasteiger charge is 2.26. The molecule has 0 aromatic heterocycles. The molecule has 0 aliphatic rings. The highest BCUT2D eigenvalue weighted by molar-refractivity contribution is 7.89. The van der Waals surface area contributed by atoms with Gasteiger partial charge in [0.25, 0.3) is 0 Å². The van der Waals surface area contributed by atoms with Gasteiger partial charge in [-0.15, -0.1) is 0 Å². The minimum Gasteiger partial charge on any atom is -0.497 e. The summed E-state index contributed by atoms with van der Waals surface area (Å²) in [5, 5.41) is -1.22. The molecule has 24 heavy (non-hydrogen) atoms. The van der Waals surface area contributed by atoms with Gasteiger partial charge in [-0.1, -0.05) is 18.2 Å².